The Labute approximate surface area is 178 Å². The number of carbonyl (C=O) groups excluding carboxylic acids is 1. The van der Waals surface area contributed by atoms with E-state index in [4.69, 9.17) is 14.2 Å². The Morgan fingerprint density at radius 2 is 2.13 bits per heavy atom. The van der Waals surface area contributed by atoms with Crippen LogP contribution >= 0.6 is 0 Å². The third-order valence-corrected chi connectivity index (χ3v) is 4.78. The van der Waals surface area contributed by atoms with Crippen LogP contribution in [0.15, 0.2) is 24.3 Å². The van der Waals surface area contributed by atoms with Gasteiger partial charge in [0, 0.05) is 39.8 Å². The summed E-state index contributed by atoms with van der Waals surface area (Å²) in [7, 11) is 1.56. The Kier molecular flexibility index (Phi) is 9.64. The minimum atomic E-state index is -0.604. The zero-order valence-electron chi connectivity index (χ0n) is 18.5. The molecule has 0 bridgehead atoms. The zero-order chi connectivity index (χ0) is 22.1. The summed E-state index contributed by atoms with van der Waals surface area (Å²) in [5.41, 5.74) is -0.264. The molecule has 1 fully saturated rings. The summed E-state index contributed by atoms with van der Waals surface area (Å²) in [6, 6.07) is 5.96. The molecule has 1 amide bonds. The molecule has 0 saturated carbocycles. The van der Waals surface area contributed by atoms with E-state index in [0.717, 1.165) is 0 Å². The number of β-amino-alcohol motifs (C(OH)–C–C–N with tert-alkyl or cyclic N) is 1. The highest BCUT2D eigenvalue weighted by atomic mass is 19.1. The highest BCUT2D eigenvalue weighted by Crippen LogP contribution is 2.14. The smallest absolute Gasteiger partial charge is 0.256 e. The summed E-state index contributed by atoms with van der Waals surface area (Å²) in [6.07, 6.45) is -0.838. The molecule has 1 N–H and O–H groups in total. The Bertz CT molecular complexity index is 667. The average Bonchev–Trinajstić information content (AvgIpc) is 2.69. The van der Waals surface area contributed by atoms with Gasteiger partial charge >= 0.3 is 0 Å². The van der Waals surface area contributed by atoms with Crippen LogP contribution in [0.25, 0.3) is 0 Å². The number of rotatable bonds is 10. The van der Waals surface area contributed by atoms with E-state index < -0.39 is 11.9 Å². The van der Waals surface area contributed by atoms with E-state index in [1.165, 1.54) is 12.1 Å². The van der Waals surface area contributed by atoms with E-state index in [2.05, 4.69) is 4.90 Å². The van der Waals surface area contributed by atoms with E-state index in [9.17, 15) is 14.3 Å². The molecule has 2 atom stereocenters. The van der Waals surface area contributed by atoms with Crippen molar-refractivity contribution in [2.45, 2.75) is 38.6 Å². The summed E-state index contributed by atoms with van der Waals surface area (Å²) in [5, 5.41) is 10.3. The van der Waals surface area contributed by atoms with Gasteiger partial charge in [-0.3, -0.25) is 9.69 Å². The lowest BCUT2D eigenvalue weighted by Gasteiger charge is -2.36. The Hall–Kier alpha value is -1.58. The Balaban J connectivity index is 1.95. The topological polar surface area (TPSA) is 71.5 Å². The maximum atomic E-state index is 14.1. The van der Waals surface area contributed by atoms with Crippen molar-refractivity contribution in [1.82, 2.24) is 9.80 Å². The molecule has 0 spiro atoms. The number of nitrogens with zero attached hydrogens (tertiary/aromatic N) is 2. The summed E-state index contributed by atoms with van der Waals surface area (Å²) in [6.45, 7) is 9.36. The molecule has 1 aliphatic heterocycles. The standard InChI is InChI=1S/C22H35FN2O5/c1-22(2,3)30-16-17(26)13-24-9-12-29-18(14-24)15-25(10-11-28-4)21(27)19-7-5-6-8-20(19)23/h5-8,17-18,26H,9-16H2,1-4H3. The molecule has 0 aromatic heterocycles. The number of hydrogen-bond acceptors (Lipinski definition) is 6. The van der Waals surface area contributed by atoms with E-state index in [1.54, 1.807) is 24.1 Å². The van der Waals surface area contributed by atoms with Crippen molar-refractivity contribution in [1.29, 1.82) is 0 Å². The number of morpholine rings is 1. The predicted octanol–water partition coefficient (Wildman–Crippen LogP) is 1.79. The quantitative estimate of drug-likeness (QED) is 0.615. The van der Waals surface area contributed by atoms with Crippen molar-refractivity contribution in [2.24, 2.45) is 0 Å². The molecule has 1 saturated heterocycles. The van der Waals surface area contributed by atoms with Crippen molar-refractivity contribution in [3.63, 3.8) is 0 Å². The minimum Gasteiger partial charge on any atom is -0.389 e. The Morgan fingerprint density at radius 1 is 1.40 bits per heavy atom. The number of benzene rings is 1. The molecule has 8 heteroatoms. The molecule has 0 radical (unpaired) electrons. The fourth-order valence-electron chi connectivity index (χ4n) is 3.28. The Morgan fingerprint density at radius 3 is 2.80 bits per heavy atom. The van der Waals surface area contributed by atoms with Gasteiger partial charge in [-0.2, -0.15) is 0 Å². The predicted molar refractivity (Wildman–Crippen MR) is 112 cm³/mol. The van der Waals surface area contributed by atoms with Gasteiger partial charge in [-0.25, -0.2) is 4.39 Å². The first-order chi connectivity index (χ1) is 14.2. The first-order valence-electron chi connectivity index (χ1n) is 10.4. The second kappa shape index (κ2) is 11.7. The van der Waals surface area contributed by atoms with Crippen LogP contribution in [0.4, 0.5) is 4.39 Å². The lowest BCUT2D eigenvalue weighted by molar-refractivity contribution is -0.0784. The van der Waals surface area contributed by atoms with Crippen LogP contribution in [0, 0.1) is 5.82 Å². The monoisotopic (exact) mass is 426 g/mol. The van der Waals surface area contributed by atoms with Gasteiger partial charge in [-0.15, -0.1) is 0 Å². The highest BCUT2D eigenvalue weighted by Gasteiger charge is 2.27. The van der Waals surface area contributed by atoms with Crippen molar-refractivity contribution < 1.29 is 28.5 Å². The SMILES string of the molecule is COCCN(CC1CN(CC(O)COC(C)(C)C)CCO1)C(=O)c1ccccc1F. The molecule has 1 heterocycles. The molecule has 170 valence electrons. The maximum Gasteiger partial charge on any atom is 0.256 e. The lowest BCUT2D eigenvalue weighted by atomic mass is 10.1. The van der Waals surface area contributed by atoms with Crippen LogP contribution in [0.1, 0.15) is 31.1 Å². The van der Waals surface area contributed by atoms with Gasteiger partial charge < -0.3 is 24.2 Å². The van der Waals surface area contributed by atoms with Crippen LogP contribution in [0.3, 0.4) is 0 Å². The highest BCUT2D eigenvalue weighted by molar-refractivity contribution is 5.94. The molecule has 2 rings (SSSR count). The summed E-state index contributed by atoms with van der Waals surface area (Å²) < 4.78 is 30.7. The molecule has 0 aliphatic carbocycles. The molecular formula is C22H35FN2O5. The third kappa shape index (κ3) is 8.28. The first-order valence-corrected chi connectivity index (χ1v) is 10.4. The molecule has 1 aromatic rings. The summed E-state index contributed by atoms with van der Waals surface area (Å²) >= 11 is 0. The van der Waals surface area contributed by atoms with Crippen molar-refractivity contribution in [3.05, 3.63) is 35.6 Å². The molecule has 30 heavy (non-hydrogen) atoms. The number of carbonyl (C=O) groups is 1. The summed E-state index contributed by atoms with van der Waals surface area (Å²) in [5.74, 6) is -0.928. The molecule has 2 unspecified atom stereocenters. The van der Waals surface area contributed by atoms with Gasteiger partial charge in [0.1, 0.15) is 5.82 Å². The number of hydrogen-bond donors (Lipinski definition) is 1. The third-order valence-electron chi connectivity index (χ3n) is 4.78. The van der Waals surface area contributed by atoms with E-state index in [0.29, 0.717) is 45.9 Å². The van der Waals surface area contributed by atoms with E-state index in [-0.39, 0.29) is 29.8 Å². The van der Waals surface area contributed by atoms with Gasteiger partial charge in [0.2, 0.25) is 0 Å². The van der Waals surface area contributed by atoms with Gasteiger partial charge in [0.25, 0.3) is 5.91 Å². The van der Waals surface area contributed by atoms with Crippen LogP contribution < -0.4 is 0 Å². The van der Waals surface area contributed by atoms with Crippen molar-refractivity contribution >= 4 is 5.91 Å². The number of aliphatic hydroxyl groups excluding tert-OH is 1. The fourth-order valence-corrected chi connectivity index (χ4v) is 3.28. The van der Waals surface area contributed by atoms with Crippen molar-refractivity contribution in [2.75, 3.05) is 59.7 Å². The number of aliphatic hydroxyl groups is 1. The zero-order valence-corrected chi connectivity index (χ0v) is 18.5. The number of amides is 1. The maximum absolute atomic E-state index is 14.1. The number of halogens is 1. The summed E-state index contributed by atoms with van der Waals surface area (Å²) in [4.78, 5) is 16.6. The van der Waals surface area contributed by atoms with Crippen LogP contribution in [-0.4, -0.2) is 98.3 Å². The number of ether oxygens (including phenoxy) is 3. The van der Waals surface area contributed by atoms with Crippen LogP contribution in [-0.2, 0) is 14.2 Å². The molecular weight excluding hydrogens is 391 g/mol. The van der Waals surface area contributed by atoms with E-state index >= 15 is 0 Å². The van der Waals surface area contributed by atoms with E-state index in [1.807, 2.05) is 20.8 Å². The average molecular weight is 427 g/mol. The molecule has 1 aromatic carbocycles. The second-order valence-corrected chi connectivity index (χ2v) is 8.55. The fraction of sp³-hybridized carbons (Fsp3) is 0.682. The first kappa shape index (κ1) is 24.7. The van der Waals surface area contributed by atoms with Gasteiger partial charge in [-0.1, -0.05) is 12.1 Å². The van der Waals surface area contributed by atoms with Gasteiger partial charge in [0.05, 0.1) is 43.2 Å². The molecule has 1 aliphatic rings. The normalized spacial score (nSPS) is 18.9. The largest absolute Gasteiger partial charge is 0.389 e. The molecule has 7 nitrogen and oxygen atoms in total. The van der Waals surface area contributed by atoms with Gasteiger partial charge in [-0.05, 0) is 32.9 Å². The number of methoxy groups -OCH3 is 1. The van der Waals surface area contributed by atoms with Crippen LogP contribution in [0.5, 0.6) is 0 Å². The van der Waals surface area contributed by atoms with Crippen LogP contribution in [0.2, 0.25) is 0 Å². The second-order valence-electron chi connectivity index (χ2n) is 8.55. The van der Waals surface area contributed by atoms with Gasteiger partial charge in [0.15, 0.2) is 0 Å². The lowest BCUT2D eigenvalue weighted by Crippen LogP contribution is -2.51. The minimum absolute atomic E-state index is 0.0380. The van der Waals surface area contributed by atoms with Crippen molar-refractivity contribution in [3.8, 4) is 0 Å².